The highest BCUT2D eigenvalue weighted by atomic mass is 16.5. The van der Waals surface area contributed by atoms with E-state index in [1.807, 2.05) is 24.7 Å². The van der Waals surface area contributed by atoms with Gasteiger partial charge >= 0.3 is 5.97 Å². The molecule has 0 bridgehead atoms. The van der Waals surface area contributed by atoms with Gasteiger partial charge in [0.1, 0.15) is 5.69 Å². The highest BCUT2D eigenvalue weighted by Gasteiger charge is 2.27. The van der Waals surface area contributed by atoms with Crippen molar-refractivity contribution in [3.05, 3.63) is 40.8 Å². The SMILES string of the molecule is CCOC(=O)c1c(CCCO)c2cccc3c2n1CCCCOCc1nn(C)c(C)c1-3. The van der Waals surface area contributed by atoms with Gasteiger partial charge in [-0.2, -0.15) is 5.10 Å². The van der Waals surface area contributed by atoms with Crippen LogP contribution in [-0.4, -0.2) is 45.2 Å². The van der Waals surface area contributed by atoms with E-state index in [1.54, 1.807) is 0 Å². The molecule has 2 aromatic heterocycles. The van der Waals surface area contributed by atoms with E-state index >= 15 is 0 Å². The Hall–Kier alpha value is -2.64. The van der Waals surface area contributed by atoms with Crippen molar-refractivity contribution in [1.82, 2.24) is 14.3 Å². The number of fused-ring (bicyclic) bond motifs is 2. The number of carbonyl (C=O) groups excluding carboxylic acids is 1. The van der Waals surface area contributed by atoms with Crippen LogP contribution in [0.1, 0.15) is 53.6 Å². The molecule has 0 atom stereocenters. The molecule has 0 spiro atoms. The number of aryl methyl sites for hydroxylation is 3. The molecule has 166 valence electrons. The highest BCUT2D eigenvalue weighted by molar-refractivity contribution is 6.04. The molecule has 7 heteroatoms. The third kappa shape index (κ3) is 3.88. The molecule has 1 aromatic carbocycles. The van der Waals surface area contributed by atoms with Crippen molar-refractivity contribution in [2.75, 3.05) is 19.8 Å². The minimum Gasteiger partial charge on any atom is -0.461 e. The Kier molecular flexibility index (Phi) is 6.43. The average Bonchev–Trinajstić information content (AvgIpc) is 3.21. The lowest BCUT2D eigenvalue weighted by molar-refractivity contribution is 0.0512. The average molecular weight is 426 g/mol. The zero-order valence-corrected chi connectivity index (χ0v) is 18.6. The molecule has 0 radical (unpaired) electrons. The number of aliphatic hydroxyl groups is 1. The second-order valence-electron chi connectivity index (χ2n) is 8.02. The van der Waals surface area contributed by atoms with E-state index < -0.39 is 0 Å². The minimum absolute atomic E-state index is 0.0812. The standard InChI is InChI=1S/C24H31N3O4/c1-4-31-24(29)23-18(11-8-13-28)17-9-7-10-19-21-16(2)26(3)25-20(21)15-30-14-6-5-12-27(23)22(17)19/h7,9-10,28H,4-6,8,11-15H2,1-3H3. The smallest absolute Gasteiger partial charge is 0.355 e. The van der Waals surface area contributed by atoms with Crippen LogP contribution in [0.4, 0.5) is 0 Å². The summed E-state index contributed by atoms with van der Waals surface area (Å²) in [5, 5.41) is 15.2. The molecule has 0 unspecified atom stereocenters. The Balaban J connectivity index is 2.06. The normalized spacial score (nSPS) is 14.3. The first-order chi connectivity index (χ1) is 15.1. The third-order valence-corrected chi connectivity index (χ3v) is 6.08. The highest BCUT2D eigenvalue weighted by Crippen LogP contribution is 2.38. The van der Waals surface area contributed by atoms with Crippen LogP contribution in [0.25, 0.3) is 22.0 Å². The molecule has 3 heterocycles. The van der Waals surface area contributed by atoms with Gasteiger partial charge in [-0.15, -0.1) is 0 Å². The van der Waals surface area contributed by atoms with Crippen LogP contribution in [0.3, 0.4) is 0 Å². The second kappa shape index (κ2) is 9.24. The summed E-state index contributed by atoms with van der Waals surface area (Å²) in [6.07, 6.45) is 3.02. The lowest BCUT2D eigenvalue weighted by atomic mass is 9.98. The quantitative estimate of drug-likeness (QED) is 0.630. The van der Waals surface area contributed by atoms with Crippen molar-refractivity contribution in [2.24, 2.45) is 7.05 Å². The zero-order chi connectivity index (χ0) is 22.0. The van der Waals surface area contributed by atoms with Gasteiger partial charge in [-0.05, 0) is 45.1 Å². The predicted molar refractivity (Wildman–Crippen MR) is 119 cm³/mol. The fraction of sp³-hybridized carbons (Fsp3) is 0.500. The largest absolute Gasteiger partial charge is 0.461 e. The third-order valence-electron chi connectivity index (χ3n) is 6.08. The minimum atomic E-state index is -0.299. The number of ether oxygens (including phenoxy) is 2. The predicted octanol–water partition coefficient (Wildman–Crippen LogP) is 3.76. The summed E-state index contributed by atoms with van der Waals surface area (Å²) < 4.78 is 15.4. The molecule has 0 saturated heterocycles. The number of esters is 1. The number of hydrogen-bond acceptors (Lipinski definition) is 5. The molecular formula is C24H31N3O4. The number of rotatable bonds is 5. The summed E-state index contributed by atoms with van der Waals surface area (Å²) in [4.78, 5) is 13.1. The van der Waals surface area contributed by atoms with Gasteiger partial charge in [-0.1, -0.05) is 18.2 Å². The van der Waals surface area contributed by atoms with Crippen molar-refractivity contribution in [3.63, 3.8) is 0 Å². The van der Waals surface area contributed by atoms with Crippen molar-refractivity contribution in [1.29, 1.82) is 0 Å². The molecule has 1 aliphatic rings. The van der Waals surface area contributed by atoms with E-state index in [2.05, 4.69) is 23.6 Å². The van der Waals surface area contributed by atoms with E-state index in [0.29, 0.717) is 44.9 Å². The summed E-state index contributed by atoms with van der Waals surface area (Å²) in [5.41, 5.74) is 6.71. The molecule has 1 N–H and O–H groups in total. The molecular weight excluding hydrogens is 394 g/mol. The van der Waals surface area contributed by atoms with E-state index in [-0.39, 0.29) is 12.6 Å². The van der Waals surface area contributed by atoms with Gasteiger partial charge in [0.05, 0.1) is 24.4 Å². The van der Waals surface area contributed by atoms with Gasteiger partial charge in [-0.25, -0.2) is 4.79 Å². The number of hydrogen-bond donors (Lipinski definition) is 1. The molecule has 7 nitrogen and oxygen atoms in total. The Labute approximate surface area is 182 Å². The van der Waals surface area contributed by atoms with Crippen LogP contribution in [0.5, 0.6) is 0 Å². The van der Waals surface area contributed by atoms with Gasteiger partial charge in [0.25, 0.3) is 0 Å². The Morgan fingerprint density at radius 2 is 2.16 bits per heavy atom. The first-order valence-electron chi connectivity index (χ1n) is 11.1. The lowest BCUT2D eigenvalue weighted by Crippen LogP contribution is -2.15. The van der Waals surface area contributed by atoms with Gasteiger partial charge in [0, 0.05) is 49.0 Å². The maximum Gasteiger partial charge on any atom is 0.355 e. The van der Waals surface area contributed by atoms with Gasteiger partial charge in [-0.3, -0.25) is 4.68 Å². The number of aromatic nitrogens is 3. The van der Waals surface area contributed by atoms with Crippen LogP contribution in [0, 0.1) is 6.92 Å². The molecule has 0 saturated carbocycles. The van der Waals surface area contributed by atoms with Crippen LogP contribution >= 0.6 is 0 Å². The van der Waals surface area contributed by atoms with Gasteiger partial charge < -0.3 is 19.1 Å². The van der Waals surface area contributed by atoms with Gasteiger partial charge in [0.15, 0.2) is 0 Å². The van der Waals surface area contributed by atoms with Crippen molar-refractivity contribution < 1.29 is 19.4 Å². The number of carbonyl (C=O) groups is 1. The summed E-state index contributed by atoms with van der Waals surface area (Å²) >= 11 is 0. The van der Waals surface area contributed by atoms with Crippen LogP contribution in [0.2, 0.25) is 0 Å². The Morgan fingerprint density at radius 1 is 1.32 bits per heavy atom. The van der Waals surface area contributed by atoms with Gasteiger partial charge in [0.2, 0.25) is 0 Å². The number of benzene rings is 1. The summed E-state index contributed by atoms with van der Waals surface area (Å²) in [6.45, 7) is 6.13. The molecule has 31 heavy (non-hydrogen) atoms. The molecule has 1 aliphatic heterocycles. The monoisotopic (exact) mass is 425 g/mol. The van der Waals surface area contributed by atoms with Crippen molar-refractivity contribution in [2.45, 2.75) is 52.7 Å². The molecule has 3 aromatic rings. The molecule has 4 rings (SSSR count). The topological polar surface area (TPSA) is 78.5 Å². The molecule has 0 aliphatic carbocycles. The van der Waals surface area contributed by atoms with E-state index in [1.165, 1.54) is 0 Å². The fourth-order valence-electron chi connectivity index (χ4n) is 4.62. The summed E-state index contributed by atoms with van der Waals surface area (Å²) in [5.74, 6) is -0.299. The van der Waals surface area contributed by atoms with Crippen molar-refractivity contribution >= 4 is 16.9 Å². The van der Waals surface area contributed by atoms with Crippen molar-refractivity contribution in [3.8, 4) is 11.1 Å². The molecule has 0 amide bonds. The maximum absolute atomic E-state index is 13.1. The number of nitrogens with zero attached hydrogens (tertiary/aromatic N) is 3. The fourth-order valence-corrected chi connectivity index (χ4v) is 4.62. The molecule has 0 fully saturated rings. The lowest BCUT2D eigenvalue weighted by Gasteiger charge is -2.13. The maximum atomic E-state index is 13.1. The number of para-hydroxylation sites is 1. The Morgan fingerprint density at radius 3 is 2.94 bits per heavy atom. The van der Waals surface area contributed by atoms with E-state index in [0.717, 1.165) is 51.8 Å². The summed E-state index contributed by atoms with van der Waals surface area (Å²) in [6, 6.07) is 6.22. The zero-order valence-electron chi connectivity index (χ0n) is 18.6. The number of aliphatic hydroxyl groups excluding tert-OH is 1. The summed E-state index contributed by atoms with van der Waals surface area (Å²) in [7, 11) is 1.95. The van der Waals surface area contributed by atoms with E-state index in [9.17, 15) is 9.90 Å². The van der Waals surface area contributed by atoms with Crippen LogP contribution < -0.4 is 0 Å². The van der Waals surface area contributed by atoms with Crippen LogP contribution in [0.15, 0.2) is 18.2 Å². The second-order valence-corrected chi connectivity index (χ2v) is 8.02. The first-order valence-corrected chi connectivity index (χ1v) is 11.1. The first kappa shape index (κ1) is 21.6. The van der Waals surface area contributed by atoms with Crippen LogP contribution in [-0.2, 0) is 36.1 Å². The van der Waals surface area contributed by atoms with E-state index in [4.69, 9.17) is 14.6 Å². The Bertz CT molecular complexity index is 1100.